The molecule has 1 atom stereocenters. The predicted octanol–water partition coefficient (Wildman–Crippen LogP) is 3.09. The first-order chi connectivity index (χ1) is 10.7. The molecular formula is C16H14ClN3O2. The standard InChI is InChI=1S/C16H14ClN3O2/c1-2-22-9-8-12-11(10-18)6-7-14(19-12)16(21)13-4-3-5-15(17)20-13/h3-9,16,21H,2H2,1H3/b9-8+. The second-order valence-electron chi connectivity index (χ2n) is 4.33. The number of rotatable bonds is 5. The Morgan fingerprint density at radius 2 is 2.09 bits per heavy atom. The van der Waals surface area contributed by atoms with Crippen molar-refractivity contribution in [2.24, 2.45) is 0 Å². The molecule has 0 aliphatic rings. The Morgan fingerprint density at radius 3 is 2.77 bits per heavy atom. The lowest BCUT2D eigenvalue weighted by Gasteiger charge is -2.11. The van der Waals surface area contributed by atoms with Gasteiger partial charge in [-0.25, -0.2) is 9.97 Å². The molecule has 2 aromatic heterocycles. The van der Waals surface area contributed by atoms with Gasteiger partial charge in [0.1, 0.15) is 17.3 Å². The van der Waals surface area contributed by atoms with Crippen molar-refractivity contribution >= 4 is 17.7 Å². The zero-order valence-electron chi connectivity index (χ0n) is 11.9. The molecule has 1 N–H and O–H groups in total. The van der Waals surface area contributed by atoms with E-state index in [-0.39, 0.29) is 0 Å². The van der Waals surface area contributed by atoms with Crippen molar-refractivity contribution in [2.45, 2.75) is 13.0 Å². The van der Waals surface area contributed by atoms with Gasteiger partial charge in [0.25, 0.3) is 0 Å². The predicted molar refractivity (Wildman–Crippen MR) is 82.9 cm³/mol. The highest BCUT2D eigenvalue weighted by Gasteiger charge is 2.15. The van der Waals surface area contributed by atoms with Gasteiger partial charge < -0.3 is 9.84 Å². The first kappa shape index (κ1) is 16.0. The van der Waals surface area contributed by atoms with Crippen molar-refractivity contribution in [3.05, 3.63) is 64.4 Å². The number of nitriles is 1. The Labute approximate surface area is 133 Å². The van der Waals surface area contributed by atoms with Gasteiger partial charge in [0.2, 0.25) is 0 Å². The number of aromatic nitrogens is 2. The van der Waals surface area contributed by atoms with Crippen LogP contribution in [0.2, 0.25) is 5.15 Å². The van der Waals surface area contributed by atoms with Crippen molar-refractivity contribution in [3.63, 3.8) is 0 Å². The Balaban J connectivity index is 2.35. The summed E-state index contributed by atoms with van der Waals surface area (Å²) in [7, 11) is 0. The smallest absolute Gasteiger partial charge is 0.138 e. The van der Waals surface area contributed by atoms with Crippen molar-refractivity contribution in [1.29, 1.82) is 5.26 Å². The number of aliphatic hydroxyl groups excluding tert-OH is 1. The Bertz CT molecular complexity index is 726. The van der Waals surface area contributed by atoms with E-state index in [4.69, 9.17) is 21.6 Å². The van der Waals surface area contributed by atoms with Crippen LogP contribution in [0.5, 0.6) is 0 Å². The number of pyridine rings is 2. The third-order valence-corrected chi connectivity index (χ3v) is 3.06. The van der Waals surface area contributed by atoms with Crippen molar-refractivity contribution < 1.29 is 9.84 Å². The van der Waals surface area contributed by atoms with Crippen molar-refractivity contribution in [1.82, 2.24) is 9.97 Å². The molecule has 0 radical (unpaired) electrons. The molecule has 2 aromatic rings. The number of nitrogens with zero attached hydrogens (tertiary/aromatic N) is 3. The lowest BCUT2D eigenvalue weighted by atomic mass is 10.1. The number of ether oxygens (including phenoxy) is 1. The van der Waals surface area contributed by atoms with Gasteiger partial charge in [0, 0.05) is 0 Å². The molecule has 0 aliphatic heterocycles. The van der Waals surface area contributed by atoms with E-state index < -0.39 is 6.10 Å². The average Bonchev–Trinajstić information content (AvgIpc) is 2.54. The normalized spacial score (nSPS) is 12.1. The molecule has 6 heteroatoms. The summed E-state index contributed by atoms with van der Waals surface area (Å²) in [6.45, 7) is 2.38. The summed E-state index contributed by atoms with van der Waals surface area (Å²) in [6, 6.07) is 10.2. The van der Waals surface area contributed by atoms with E-state index in [0.717, 1.165) is 0 Å². The minimum absolute atomic E-state index is 0.293. The molecule has 0 spiro atoms. The first-order valence-electron chi connectivity index (χ1n) is 6.65. The average molecular weight is 316 g/mol. The summed E-state index contributed by atoms with van der Waals surface area (Å²) in [4.78, 5) is 8.36. The molecule has 0 aliphatic carbocycles. The first-order valence-corrected chi connectivity index (χ1v) is 7.03. The molecule has 0 saturated heterocycles. The summed E-state index contributed by atoms with van der Waals surface area (Å²) in [6.07, 6.45) is 2.03. The van der Waals surface area contributed by atoms with Gasteiger partial charge in [0.05, 0.1) is 35.5 Å². The largest absolute Gasteiger partial charge is 0.501 e. The Morgan fingerprint density at radius 1 is 1.32 bits per heavy atom. The molecule has 112 valence electrons. The van der Waals surface area contributed by atoms with E-state index >= 15 is 0 Å². The molecule has 0 amide bonds. The second kappa shape index (κ2) is 7.55. The Hall–Kier alpha value is -2.42. The number of hydrogen-bond donors (Lipinski definition) is 1. The van der Waals surface area contributed by atoms with E-state index in [1.54, 1.807) is 36.4 Å². The highest BCUT2D eigenvalue weighted by molar-refractivity contribution is 6.29. The van der Waals surface area contributed by atoms with E-state index in [1.165, 1.54) is 6.26 Å². The minimum Gasteiger partial charge on any atom is -0.501 e. The van der Waals surface area contributed by atoms with E-state index in [0.29, 0.717) is 34.4 Å². The summed E-state index contributed by atoms with van der Waals surface area (Å²) < 4.78 is 5.12. The molecule has 0 bridgehead atoms. The monoisotopic (exact) mass is 315 g/mol. The fourth-order valence-electron chi connectivity index (χ4n) is 1.80. The summed E-state index contributed by atoms with van der Waals surface area (Å²) >= 11 is 5.83. The van der Waals surface area contributed by atoms with Crippen LogP contribution in [-0.2, 0) is 4.74 Å². The zero-order chi connectivity index (χ0) is 15.9. The van der Waals surface area contributed by atoms with Crippen LogP contribution >= 0.6 is 11.6 Å². The maximum absolute atomic E-state index is 10.4. The van der Waals surface area contributed by atoms with Crippen LogP contribution < -0.4 is 0 Å². The van der Waals surface area contributed by atoms with Crippen LogP contribution in [0, 0.1) is 11.3 Å². The highest BCUT2D eigenvalue weighted by atomic mass is 35.5. The molecular weight excluding hydrogens is 302 g/mol. The van der Waals surface area contributed by atoms with Crippen molar-refractivity contribution in [3.8, 4) is 6.07 Å². The molecule has 1 unspecified atom stereocenters. The molecule has 0 saturated carbocycles. The molecule has 0 aromatic carbocycles. The SMILES string of the molecule is CCO/C=C/c1nc(C(O)c2cccc(Cl)n2)ccc1C#N. The fraction of sp³-hybridized carbons (Fsp3) is 0.188. The molecule has 0 fully saturated rings. The molecule has 2 rings (SSSR count). The maximum atomic E-state index is 10.4. The maximum Gasteiger partial charge on any atom is 0.138 e. The second-order valence-corrected chi connectivity index (χ2v) is 4.71. The van der Waals surface area contributed by atoms with Crippen LogP contribution in [-0.4, -0.2) is 21.7 Å². The van der Waals surface area contributed by atoms with Gasteiger partial charge >= 0.3 is 0 Å². The quantitative estimate of drug-likeness (QED) is 0.677. The van der Waals surface area contributed by atoms with Crippen LogP contribution in [0.25, 0.3) is 6.08 Å². The van der Waals surface area contributed by atoms with E-state index in [2.05, 4.69) is 9.97 Å². The number of aliphatic hydroxyl groups is 1. The van der Waals surface area contributed by atoms with Crippen LogP contribution in [0.4, 0.5) is 0 Å². The van der Waals surface area contributed by atoms with Gasteiger partial charge in [-0.15, -0.1) is 0 Å². The summed E-state index contributed by atoms with van der Waals surface area (Å²) in [5.41, 5.74) is 1.59. The van der Waals surface area contributed by atoms with Crippen LogP contribution in [0.15, 0.2) is 36.6 Å². The van der Waals surface area contributed by atoms with Crippen LogP contribution in [0.3, 0.4) is 0 Å². The number of hydrogen-bond acceptors (Lipinski definition) is 5. The van der Waals surface area contributed by atoms with Gasteiger partial charge in [-0.3, -0.25) is 0 Å². The zero-order valence-corrected chi connectivity index (χ0v) is 12.7. The lowest BCUT2D eigenvalue weighted by molar-refractivity contribution is 0.210. The summed E-state index contributed by atoms with van der Waals surface area (Å²) in [5, 5.41) is 19.7. The summed E-state index contributed by atoms with van der Waals surface area (Å²) in [5.74, 6) is 0. The van der Waals surface area contributed by atoms with Crippen LogP contribution in [0.1, 0.15) is 35.7 Å². The lowest BCUT2D eigenvalue weighted by Crippen LogP contribution is -2.06. The fourth-order valence-corrected chi connectivity index (χ4v) is 1.97. The minimum atomic E-state index is -1.02. The third kappa shape index (κ3) is 3.82. The molecule has 22 heavy (non-hydrogen) atoms. The van der Waals surface area contributed by atoms with Gasteiger partial charge in [-0.05, 0) is 37.3 Å². The van der Waals surface area contributed by atoms with Gasteiger partial charge in [-0.2, -0.15) is 5.26 Å². The third-order valence-electron chi connectivity index (χ3n) is 2.85. The number of halogens is 1. The topological polar surface area (TPSA) is 79.0 Å². The Kier molecular flexibility index (Phi) is 5.48. The van der Waals surface area contributed by atoms with Gasteiger partial charge in [-0.1, -0.05) is 17.7 Å². The molecule has 2 heterocycles. The van der Waals surface area contributed by atoms with E-state index in [1.807, 2.05) is 13.0 Å². The van der Waals surface area contributed by atoms with E-state index in [9.17, 15) is 5.11 Å². The van der Waals surface area contributed by atoms with Crippen molar-refractivity contribution in [2.75, 3.05) is 6.61 Å². The molecule has 5 nitrogen and oxygen atoms in total. The van der Waals surface area contributed by atoms with Gasteiger partial charge in [0.15, 0.2) is 0 Å². The highest BCUT2D eigenvalue weighted by Crippen LogP contribution is 2.21.